The maximum atomic E-state index is 12.5. The smallest absolute Gasteiger partial charge is 0.240 e. The van der Waals surface area contributed by atoms with Gasteiger partial charge in [0.1, 0.15) is 0 Å². The number of carbonyl (C=O) groups is 1. The lowest BCUT2D eigenvalue weighted by Gasteiger charge is -2.20. The van der Waals surface area contributed by atoms with Gasteiger partial charge in [-0.3, -0.25) is 4.79 Å². The van der Waals surface area contributed by atoms with E-state index in [1.807, 2.05) is 11.8 Å². The van der Waals surface area contributed by atoms with Gasteiger partial charge in [0, 0.05) is 16.9 Å². The lowest BCUT2D eigenvalue weighted by Crippen LogP contribution is -2.38. The van der Waals surface area contributed by atoms with Gasteiger partial charge in [0.25, 0.3) is 0 Å². The summed E-state index contributed by atoms with van der Waals surface area (Å²) in [7, 11) is -3.57. The number of rotatable bonds is 6. The van der Waals surface area contributed by atoms with Crippen LogP contribution in [0.4, 0.5) is 0 Å². The summed E-state index contributed by atoms with van der Waals surface area (Å²) >= 11 is 1.81. The van der Waals surface area contributed by atoms with Crippen LogP contribution < -0.4 is 4.72 Å². The fourth-order valence-corrected chi connectivity index (χ4v) is 5.26. The van der Waals surface area contributed by atoms with Gasteiger partial charge in [-0.1, -0.05) is 25.5 Å². The average molecular weight is 327 g/mol. The molecule has 0 radical (unpaired) electrons. The van der Waals surface area contributed by atoms with E-state index in [9.17, 15) is 13.2 Å². The van der Waals surface area contributed by atoms with Gasteiger partial charge in [-0.2, -0.15) is 11.8 Å². The quantitative estimate of drug-likeness (QED) is 0.816. The van der Waals surface area contributed by atoms with Crippen molar-refractivity contribution in [2.75, 3.05) is 5.75 Å². The predicted molar refractivity (Wildman–Crippen MR) is 86.3 cm³/mol. The maximum absolute atomic E-state index is 12.5. The minimum atomic E-state index is -3.57. The second kappa shape index (κ2) is 6.94. The average Bonchev–Trinajstić information content (AvgIpc) is 2.86. The molecule has 1 aromatic rings. The van der Waals surface area contributed by atoms with Gasteiger partial charge in [-0.05, 0) is 37.7 Å². The van der Waals surface area contributed by atoms with E-state index in [4.69, 9.17) is 0 Å². The van der Waals surface area contributed by atoms with Crippen molar-refractivity contribution in [3.63, 3.8) is 0 Å². The molecule has 0 spiro atoms. The Hall–Kier alpha value is -0.850. The van der Waals surface area contributed by atoms with E-state index in [0.29, 0.717) is 10.8 Å². The fourth-order valence-electron chi connectivity index (χ4n) is 2.62. The second-order valence-electron chi connectivity index (χ2n) is 5.24. The van der Waals surface area contributed by atoms with Crippen molar-refractivity contribution in [1.29, 1.82) is 0 Å². The van der Waals surface area contributed by atoms with Gasteiger partial charge >= 0.3 is 0 Å². The molecule has 0 amide bonds. The van der Waals surface area contributed by atoms with E-state index in [1.54, 1.807) is 12.1 Å². The zero-order valence-corrected chi connectivity index (χ0v) is 14.0. The van der Waals surface area contributed by atoms with Gasteiger partial charge in [0.05, 0.1) is 4.90 Å². The van der Waals surface area contributed by atoms with Crippen LogP contribution in [-0.2, 0) is 10.0 Å². The highest BCUT2D eigenvalue weighted by Crippen LogP contribution is 2.31. The van der Waals surface area contributed by atoms with Gasteiger partial charge in [-0.25, -0.2) is 13.1 Å². The first-order chi connectivity index (χ1) is 9.94. The van der Waals surface area contributed by atoms with Crippen LogP contribution in [0.3, 0.4) is 0 Å². The van der Waals surface area contributed by atoms with Crippen molar-refractivity contribution in [3.05, 3.63) is 29.8 Å². The largest absolute Gasteiger partial charge is 0.295 e. The van der Waals surface area contributed by atoms with Crippen molar-refractivity contribution < 1.29 is 13.2 Å². The third-order valence-corrected chi connectivity index (χ3v) is 6.50. The van der Waals surface area contributed by atoms with Crippen LogP contribution in [0.1, 0.15) is 43.5 Å². The number of Topliss-reactive ketones (excluding diaryl/α,β-unsaturated/α-hetero) is 1. The molecule has 0 aliphatic heterocycles. The molecule has 0 saturated heterocycles. The molecule has 2 unspecified atom stereocenters. The Bertz CT molecular complexity index is 613. The van der Waals surface area contributed by atoms with Gasteiger partial charge in [0.2, 0.25) is 10.0 Å². The molecule has 2 rings (SSSR count). The molecule has 1 aliphatic carbocycles. The van der Waals surface area contributed by atoms with Crippen LogP contribution in [0.15, 0.2) is 29.2 Å². The maximum Gasteiger partial charge on any atom is 0.240 e. The van der Waals surface area contributed by atoms with Crippen LogP contribution in [0.5, 0.6) is 0 Å². The number of carbonyl (C=O) groups excluding carboxylic acids is 1. The van der Waals surface area contributed by atoms with Crippen molar-refractivity contribution in [2.45, 2.75) is 49.3 Å². The molecule has 116 valence electrons. The van der Waals surface area contributed by atoms with Crippen LogP contribution in [0, 0.1) is 0 Å². The molecule has 21 heavy (non-hydrogen) atoms. The molecule has 1 N–H and O–H groups in total. The highest BCUT2D eigenvalue weighted by atomic mass is 32.2. The minimum Gasteiger partial charge on any atom is -0.295 e. The summed E-state index contributed by atoms with van der Waals surface area (Å²) in [5.74, 6) is 0.857. The lowest BCUT2D eigenvalue weighted by atomic mass is 10.2. The van der Waals surface area contributed by atoms with E-state index < -0.39 is 10.0 Å². The third kappa shape index (κ3) is 4.08. The van der Waals surface area contributed by atoms with Gasteiger partial charge in [-0.15, -0.1) is 0 Å². The Labute approximate surface area is 130 Å². The van der Waals surface area contributed by atoms with E-state index in [-0.39, 0.29) is 16.7 Å². The molecule has 1 aliphatic rings. The Balaban J connectivity index is 2.18. The number of hydrogen-bond donors (Lipinski definition) is 1. The Morgan fingerprint density at radius 3 is 2.81 bits per heavy atom. The summed E-state index contributed by atoms with van der Waals surface area (Å²) in [6, 6.07) is 6.21. The topological polar surface area (TPSA) is 63.2 Å². The first-order valence-corrected chi connectivity index (χ1v) is 9.72. The molecule has 0 heterocycles. The summed E-state index contributed by atoms with van der Waals surface area (Å²) in [6.07, 6.45) is 2.99. The number of nitrogens with one attached hydrogen (secondary N) is 1. The summed E-state index contributed by atoms with van der Waals surface area (Å²) in [6.45, 7) is 3.52. The van der Waals surface area contributed by atoms with E-state index >= 15 is 0 Å². The second-order valence-corrected chi connectivity index (χ2v) is 8.47. The Morgan fingerprint density at radius 1 is 1.38 bits per heavy atom. The van der Waals surface area contributed by atoms with E-state index in [1.165, 1.54) is 19.1 Å². The van der Waals surface area contributed by atoms with Crippen LogP contribution in [-0.4, -0.2) is 31.2 Å². The fraction of sp³-hybridized carbons (Fsp3) is 0.533. The Morgan fingerprint density at radius 2 is 2.14 bits per heavy atom. The summed E-state index contributed by atoms with van der Waals surface area (Å²) in [5.41, 5.74) is 0.420. The molecule has 0 aromatic heterocycles. The molecular formula is C15H21NO3S2. The molecule has 0 bridgehead atoms. The standard InChI is InChI=1S/C15H21NO3S2/c1-3-20-15-9-5-8-14(15)16-21(18,19)13-7-4-6-12(10-13)11(2)17/h4,6-7,10,14-16H,3,5,8-9H2,1-2H3. The molecule has 4 nitrogen and oxygen atoms in total. The number of benzene rings is 1. The van der Waals surface area contributed by atoms with Crippen molar-refractivity contribution in [1.82, 2.24) is 4.72 Å². The SMILES string of the molecule is CCSC1CCCC1NS(=O)(=O)c1cccc(C(C)=O)c1. The van der Waals surface area contributed by atoms with Crippen molar-refractivity contribution in [2.24, 2.45) is 0 Å². The molecule has 6 heteroatoms. The first kappa shape index (κ1) is 16.5. The zero-order chi connectivity index (χ0) is 15.5. The van der Waals surface area contributed by atoms with Crippen molar-refractivity contribution >= 4 is 27.6 Å². The van der Waals surface area contributed by atoms with Crippen molar-refractivity contribution in [3.8, 4) is 0 Å². The minimum absolute atomic E-state index is 0.0130. The molecule has 1 aromatic carbocycles. The Kier molecular flexibility index (Phi) is 5.46. The highest BCUT2D eigenvalue weighted by molar-refractivity contribution is 8.00. The van der Waals surface area contributed by atoms with Crippen LogP contribution in [0.25, 0.3) is 0 Å². The van der Waals surface area contributed by atoms with E-state index in [0.717, 1.165) is 25.0 Å². The monoisotopic (exact) mass is 327 g/mol. The lowest BCUT2D eigenvalue weighted by molar-refractivity contribution is 0.101. The summed E-state index contributed by atoms with van der Waals surface area (Å²) in [5, 5.41) is 0.348. The molecular weight excluding hydrogens is 306 g/mol. The predicted octanol–water partition coefficient (Wildman–Crippen LogP) is 2.84. The highest BCUT2D eigenvalue weighted by Gasteiger charge is 2.31. The van der Waals surface area contributed by atoms with Crippen LogP contribution in [0.2, 0.25) is 0 Å². The number of sulfonamides is 1. The zero-order valence-electron chi connectivity index (χ0n) is 12.3. The molecule has 1 fully saturated rings. The third-order valence-electron chi connectivity index (χ3n) is 3.69. The summed E-state index contributed by atoms with van der Waals surface area (Å²) in [4.78, 5) is 11.6. The van der Waals surface area contributed by atoms with Gasteiger partial charge in [0.15, 0.2) is 5.78 Å². The van der Waals surface area contributed by atoms with Crippen LogP contribution >= 0.6 is 11.8 Å². The van der Waals surface area contributed by atoms with E-state index in [2.05, 4.69) is 11.6 Å². The number of hydrogen-bond acceptors (Lipinski definition) is 4. The van der Waals surface area contributed by atoms with Gasteiger partial charge < -0.3 is 0 Å². The molecule has 1 saturated carbocycles. The molecule has 2 atom stereocenters. The first-order valence-electron chi connectivity index (χ1n) is 7.19. The number of ketones is 1. The summed E-state index contributed by atoms with van der Waals surface area (Å²) < 4.78 is 27.8. The number of thioether (sulfide) groups is 1. The normalized spacial score (nSPS) is 22.4.